The van der Waals surface area contributed by atoms with Gasteiger partial charge in [0.15, 0.2) is 5.60 Å². The summed E-state index contributed by atoms with van der Waals surface area (Å²) in [5.74, 6) is -0.397. The zero-order valence-electron chi connectivity index (χ0n) is 11.2. The number of cyclic esters (lactones) is 1. The summed E-state index contributed by atoms with van der Waals surface area (Å²) in [6.07, 6.45) is 9.04. The van der Waals surface area contributed by atoms with E-state index in [0.717, 1.165) is 12.8 Å². The van der Waals surface area contributed by atoms with Crippen LogP contribution in [0.15, 0.2) is 11.6 Å². The minimum absolute atomic E-state index is 0.313. The number of rotatable bonds is 8. The molecule has 0 spiro atoms. The van der Waals surface area contributed by atoms with Crippen molar-refractivity contribution in [3.05, 3.63) is 11.6 Å². The fraction of sp³-hybridized carbons (Fsp3) is 0.786. The van der Waals surface area contributed by atoms with Gasteiger partial charge >= 0.3 is 5.97 Å². The number of ether oxygens (including phenoxy) is 1. The third-order valence-electron chi connectivity index (χ3n) is 3.36. The summed E-state index contributed by atoms with van der Waals surface area (Å²) in [5, 5.41) is 18.3. The van der Waals surface area contributed by atoms with E-state index in [9.17, 15) is 4.79 Å². The van der Waals surface area contributed by atoms with E-state index in [1.54, 1.807) is 0 Å². The number of carbonyl (C=O) groups is 1. The molecule has 0 aromatic carbocycles. The molecule has 104 valence electrons. The van der Waals surface area contributed by atoms with Crippen molar-refractivity contribution in [2.45, 2.75) is 57.5 Å². The van der Waals surface area contributed by atoms with Crippen LogP contribution in [0.3, 0.4) is 0 Å². The monoisotopic (exact) mass is 256 g/mol. The fourth-order valence-corrected chi connectivity index (χ4v) is 2.12. The number of hydrogen-bond acceptors (Lipinski definition) is 4. The minimum atomic E-state index is -1.09. The quantitative estimate of drug-likeness (QED) is 0.396. The Morgan fingerprint density at radius 2 is 1.89 bits per heavy atom. The lowest BCUT2D eigenvalue weighted by Gasteiger charge is -2.21. The Morgan fingerprint density at radius 1 is 1.22 bits per heavy atom. The average Bonchev–Trinajstić information content (AvgIpc) is 2.71. The normalized spacial score (nSPS) is 20.4. The van der Waals surface area contributed by atoms with E-state index in [-0.39, 0.29) is 13.2 Å². The zero-order chi connectivity index (χ0) is 13.4. The van der Waals surface area contributed by atoms with Crippen molar-refractivity contribution in [2.24, 2.45) is 0 Å². The van der Waals surface area contributed by atoms with E-state index in [1.165, 1.54) is 25.7 Å². The molecule has 4 heteroatoms. The van der Waals surface area contributed by atoms with Gasteiger partial charge in [0.1, 0.15) is 0 Å². The highest BCUT2D eigenvalue weighted by Gasteiger charge is 2.42. The van der Waals surface area contributed by atoms with Crippen LogP contribution in [0.5, 0.6) is 0 Å². The standard InChI is InChI=1S/C14H24O4/c1-2-3-4-5-6-7-8-12-9-14(10-15,11-16)18-13(12)17/h8,15-16H,2-7,9-11H2,1H3/b12-8+. The minimum Gasteiger partial charge on any atom is -0.450 e. The van der Waals surface area contributed by atoms with E-state index in [2.05, 4.69) is 6.92 Å². The van der Waals surface area contributed by atoms with Gasteiger partial charge in [0.2, 0.25) is 0 Å². The number of aliphatic hydroxyl groups excluding tert-OH is 2. The molecule has 0 aromatic heterocycles. The van der Waals surface area contributed by atoms with Gasteiger partial charge in [-0.1, -0.05) is 38.7 Å². The van der Waals surface area contributed by atoms with Crippen LogP contribution in [0, 0.1) is 0 Å². The van der Waals surface area contributed by atoms with Crippen LogP contribution >= 0.6 is 0 Å². The molecule has 0 amide bonds. The number of allylic oxidation sites excluding steroid dienone is 1. The highest BCUT2D eigenvalue weighted by atomic mass is 16.6. The summed E-state index contributed by atoms with van der Waals surface area (Å²) < 4.78 is 5.05. The van der Waals surface area contributed by atoms with Gasteiger partial charge in [-0.05, 0) is 12.8 Å². The van der Waals surface area contributed by atoms with Gasteiger partial charge < -0.3 is 14.9 Å². The lowest BCUT2D eigenvalue weighted by Crippen LogP contribution is -2.37. The lowest BCUT2D eigenvalue weighted by molar-refractivity contribution is -0.154. The van der Waals surface area contributed by atoms with Gasteiger partial charge in [-0.25, -0.2) is 4.79 Å². The maximum atomic E-state index is 11.6. The van der Waals surface area contributed by atoms with E-state index in [1.807, 2.05) is 6.08 Å². The molecule has 18 heavy (non-hydrogen) atoms. The number of carbonyl (C=O) groups excluding carboxylic acids is 1. The second-order valence-corrected chi connectivity index (χ2v) is 5.00. The van der Waals surface area contributed by atoms with Crippen molar-refractivity contribution in [2.75, 3.05) is 13.2 Å². The highest BCUT2D eigenvalue weighted by molar-refractivity contribution is 5.91. The predicted molar refractivity (Wildman–Crippen MR) is 69.1 cm³/mol. The summed E-state index contributed by atoms with van der Waals surface area (Å²) in [4.78, 5) is 11.6. The number of esters is 1. The van der Waals surface area contributed by atoms with E-state index in [0.29, 0.717) is 12.0 Å². The highest BCUT2D eigenvalue weighted by Crippen LogP contribution is 2.30. The first-order valence-corrected chi connectivity index (χ1v) is 6.81. The summed E-state index contributed by atoms with van der Waals surface area (Å²) >= 11 is 0. The van der Waals surface area contributed by atoms with Crippen molar-refractivity contribution in [1.82, 2.24) is 0 Å². The summed E-state index contributed by atoms with van der Waals surface area (Å²) in [6, 6.07) is 0. The maximum Gasteiger partial charge on any atom is 0.334 e. The molecule has 0 radical (unpaired) electrons. The van der Waals surface area contributed by atoms with Crippen molar-refractivity contribution < 1.29 is 19.7 Å². The Hall–Kier alpha value is -0.870. The van der Waals surface area contributed by atoms with Crippen molar-refractivity contribution in [3.8, 4) is 0 Å². The third kappa shape index (κ3) is 4.10. The SMILES string of the molecule is CCCCCCC/C=C1\CC(CO)(CO)OC1=O. The number of unbranched alkanes of at least 4 members (excludes halogenated alkanes) is 5. The fourth-order valence-electron chi connectivity index (χ4n) is 2.12. The van der Waals surface area contributed by atoms with E-state index in [4.69, 9.17) is 14.9 Å². The Bertz CT molecular complexity index is 292. The second kappa shape index (κ2) is 7.54. The predicted octanol–water partition coefficient (Wildman–Crippen LogP) is 1.94. The van der Waals surface area contributed by atoms with Crippen molar-refractivity contribution in [3.63, 3.8) is 0 Å². The Labute approximate surface area is 109 Å². The molecule has 0 aliphatic carbocycles. The second-order valence-electron chi connectivity index (χ2n) is 5.00. The molecule has 1 fully saturated rings. The van der Waals surface area contributed by atoms with E-state index < -0.39 is 11.6 Å². The summed E-state index contributed by atoms with van der Waals surface area (Å²) in [5.41, 5.74) is -0.501. The largest absolute Gasteiger partial charge is 0.450 e. The Morgan fingerprint density at radius 3 is 2.44 bits per heavy atom. The molecule has 4 nitrogen and oxygen atoms in total. The van der Waals surface area contributed by atoms with Gasteiger partial charge in [-0.3, -0.25) is 0 Å². The summed E-state index contributed by atoms with van der Waals surface area (Å²) in [6.45, 7) is 1.52. The molecule has 0 unspecified atom stereocenters. The first-order chi connectivity index (χ1) is 8.67. The third-order valence-corrected chi connectivity index (χ3v) is 3.36. The van der Waals surface area contributed by atoms with Crippen LogP contribution in [0.25, 0.3) is 0 Å². The number of hydrogen-bond donors (Lipinski definition) is 2. The van der Waals surface area contributed by atoms with Crippen LogP contribution in [-0.4, -0.2) is 35.0 Å². The molecule has 2 N–H and O–H groups in total. The van der Waals surface area contributed by atoms with Gasteiger partial charge in [0.05, 0.1) is 13.2 Å². The van der Waals surface area contributed by atoms with Gasteiger partial charge in [-0.15, -0.1) is 0 Å². The first-order valence-electron chi connectivity index (χ1n) is 6.81. The van der Waals surface area contributed by atoms with Gasteiger partial charge in [-0.2, -0.15) is 0 Å². The molecule has 0 atom stereocenters. The average molecular weight is 256 g/mol. The zero-order valence-corrected chi connectivity index (χ0v) is 11.2. The molecule has 1 aliphatic rings. The van der Waals surface area contributed by atoms with Crippen LogP contribution < -0.4 is 0 Å². The lowest BCUT2D eigenvalue weighted by atomic mass is 9.98. The molecule has 0 saturated carbocycles. The van der Waals surface area contributed by atoms with Crippen molar-refractivity contribution in [1.29, 1.82) is 0 Å². The maximum absolute atomic E-state index is 11.6. The molecular formula is C14H24O4. The van der Waals surface area contributed by atoms with Gasteiger partial charge in [0, 0.05) is 12.0 Å². The van der Waals surface area contributed by atoms with Crippen molar-refractivity contribution >= 4 is 5.97 Å². The molecular weight excluding hydrogens is 232 g/mol. The number of aliphatic hydroxyl groups is 2. The smallest absolute Gasteiger partial charge is 0.334 e. The first kappa shape index (κ1) is 15.2. The molecule has 1 aliphatic heterocycles. The van der Waals surface area contributed by atoms with Crippen LogP contribution in [0.2, 0.25) is 0 Å². The Balaban J connectivity index is 2.35. The topological polar surface area (TPSA) is 66.8 Å². The molecule has 1 heterocycles. The van der Waals surface area contributed by atoms with Crippen LogP contribution in [0.4, 0.5) is 0 Å². The molecule has 0 aromatic rings. The molecule has 0 bridgehead atoms. The van der Waals surface area contributed by atoms with E-state index >= 15 is 0 Å². The Kier molecular flexibility index (Phi) is 6.36. The summed E-state index contributed by atoms with van der Waals surface area (Å²) in [7, 11) is 0. The van der Waals surface area contributed by atoms with Crippen LogP contribution in [0.1, 0.15) is 51.9 Å². The van der Waals surface area contributed by atoms with Gasteiger partial charge in [0.25, 0.3) is 0 Å². The molecule has 1 rings (SSSR count). The van der Waals surface area contributed by atoms with Crippen LogP contribution in [-0.2, 0) is 9.53 Å². The molecule has 1 saturated heterocycles.